The van der Waals surface area contributed by atoms with E-state index in [1.54, 1.807) is 24.3 Å². The molecule has 172 valence electrons. The SMILES string of the molecule is Cc1ccc(Cl)cc1N1CCN(C(=O)c2ccc3c(c2)NC(=O)/C(=C/c2ccccc2)O3)CC1. The zero-order valence-corrected chi connectivity index (χ0v) is 19.5. The molecule has 0 aromatic heterocycles. The van der Waals surface area contributed by atoms with Crippen LogP contribution in [0.2, 0.25) is 5.02 Å². The van der Waals surface area contributed by atoms with Gasteiger partial charge in [-0.05, 0) is 54.5 Å². The molecule has 0 atom stereocenters. The van der Waals surface area contributed by atoms with Crippen LogP contribution in [0.5, 0.6) is 5.75 Å². The van der Waals surface area contributed by atoms with Gasteiger partial charge in [0, 0.05) is 42.5 Å². The Morgan fingerprint density at radius 2 is 1.76 bits per heavy atom. The largest absolute Gasteiger partial charge is 0.449 e. The highest BCUT2D eigenvalue weighted by molar-refractivity contribution is 6.30. The Morgan fingerprint density at radius 1 is 1.00 bits per heavy atom. The highest BCUT2D eigenvalue weighted by atomic mass is 35.5. The Balaban J connectivity index is 1.27. The fourth-order valence-corrected chi connectivity index (χ4v) is 4.42. The summed E-state index contributed by atoms with van der Waals surface area (Å²) in [7, 11) is 0. The molecule has 0 saturated carbocycles. The highest BCUT2D eigenvalue weighted by Crippen LogP contribution is 2.33. The molecule has 0 unspecified atom stereocenters. The number of benzene rings is 3. The monoisotopic (exact) mass is 473 g/mol. The summed E-state index contributed by atoms with van der Waals surface area (Å²) in [6, 6.07) is 20.5. The predicted molar refractivity (Wildman–Crippen MR) is 134 cm³/mol. The fourth-order valence-electron chi connectivity index (χ4n) is 4.25. The van der Waals surface area contributed by atoms with Gasteiger partial charge in [0.2, 0.25) is 0 Å². The quantitative estimate of drug-likeness (QED) is 0.545. The zero-order chi connectivity index (χ0) is 23.7. The molecule has 0 bridgehead atoms. The van der Waals surface area contributed by atoms with Crippen LogP contribution in [0, 0.1) is 6.92 Å². The molecule has 0 aliphatic carbocycles. The van der Waals surface area contributed by atoms with Gasteiger partial charge in [0.25, 0.3) is 11.8 Å². The number of nitrogens with one attached hydrogen (secondary N) is 1. The van der Waals surface area contributed by atoms with Crippen LogP contribution in [0.1, 0.15) is 21.5 Å². The number of piperazine rings is 1. The van der Waals surface area contributed by atoms with Crippen molar-refractivity contribution in [1.82, 2.24) is 4.90 Å². The fraction of sp³-hybridized carbons (Fsp3) is 0.185. The van der Waals surface area contributed by atoms with Crippen LogP contribution in [-0.2, 0) is 4.79 Å². The Morgan fingerprint density at radius 3 is 2.53 bits per heavy atom. The van der Waals surface area contributed by atoms with Crippen molar-refractivity contribution < 1.29 is 14.3 Å². The molecule has 3 aromatic carbocycles. The lowest BCUT2D eigenvalue weighted by molar-refractivity contribution is -0.115. The Hall–Kier alpha value is -3.77. The minimum Gasteiger partial charge on any atom is -0.449 e. The molecule has 0 radical (unpaired) electrons. The van der Waals surface area contributed by atoms with Crippen molar-refractivity contribution in [2.45, 2.75) is 6.92 Å². The van der Waals surface area contributed by atoms with Crippen molar-refractivity contribution in [2.24, 2.45) is 0 Å². The van der Waals surface area contributed by atoms with E-state index in [4.69, 9.17) is 16.3 Å². The zero-order valence-electron chi connectivity index (χ0n) is 18.8. The molecule has 34 heavy (non-hydrogen) atoms. The average molecular weight is 474 g/mol. The smallest absolute Gasteiger partial charge is 0.291 e. The average Bonchev–Trinajstić information content (AvgIpc) is 2.86. The lowest BCUT2D eigenvalue weighted by atomic mass is 10.1. The number of amides is 2. The summed E-state index contributed by atoms with van der Waals surface area (Å²) in [5.41, 5.74) is 4.15. The molecule has 2 heterocycles. The van der Waals surface area contributed by atoms with Gasteiger partial charge in [-0.2, -0.15) is 0 Å². The number of aryl methyl sites for hydroxylation is 1. The number of hydrogen-bond acceptors (Lipinski definition) is 4. The van der Waals surface area contributed by atoms with Gasteiger partial charge in [-0.25, -0.2) is 0 Å². The lowest BCUT2D eigenvalue weighted by Crippen LogP contribution is -2.49. The van der Waals surface area contributed by atoms with E-state index in [1.165, 1.54) is 0 Å². The predicted octanol–water partition coefficient (Wildman–Crippen LogP) is 4.98. The van der Waals surface area contributed by atoms with Gasteiger partial charge in [0.15, 0.2) is 11.5 Å². The van der Waals surface area contributed by atoms with Crippen molar-refractivity contribution in [2.75, 3.05) is 36.4 Å². The Bertz CT molecular complexity index is 1280. The minimum atomic E-state index is -0.341. The van der Waals surface area contributed by atoms with Crippen molar-refractivity contribution >= 4 is 40.9 Å². The summed E-state index contributed by atoms with van der Waals surface area (Å²) in [5, 5.41) is 3.55. The first kappa shape index (κ1) is 22.0. The van der Waals surface area contributed by atoms with Crippen LogP contribution >= 0.6 is 11.6 Å². The second-order valence-corrected chi connectivity index (χ2v) is 8.83. The van der Waals surface area contributed by atoms with Crippen LogP contribution in [-0.4, -0.2) is 42.9 Å². The minimum absolute atomic E-state index is 0.0647. The summed E-state index contributed by atoms with van der Waals surface area (Å²) < 4.78 is 5.82. The van der Waals surface area contributed by atoms with Crippen LogP contribution < -0.4 is 15.0 Å². The van der Waals surface area contributed by atoms with Crippen LogP contribution in [0.3, 0.4) is 0 Å². The van der Waals surface area contributed by atoms with Gasteiger partial charge >= 0.3 is 0 Å². The third-order valence-electron chi connectivity index (χ3n) is 6.09. The molecule has 3 aromatic rings. The van der Waals surface area contributed by atoms with Crippen molar-refractivity contribution in [3.8, 4) is 5.75 Å². The molecule has 2 aliphatic heterocycles. The maximum Gasteiger partial charge on any atom is 0.291 e. The van der Waals surface area contributed by atoms with Crippen LogP contribution in [0.15, 0.2) is 72.5 Å². The number of carbonyl (C=O) groups excluding carboxylic acids is 2. The topological polar surface area (TPSA) is 61.9 Å². The van der Waals surface area contributed by atoms with E-state index in [2.05, 4.69) is 17.1 Å². The number of carbonyl (C=O) groups is 2. The van der Waals surface area contributed by atoms with E-state index in [-0.39, 0.29) is 17.6 Å². The first-order chi connectivity index (χ1) is 16.5. The number of fused-ring (bicyclic) bond motifs is 1. The van der Waals surface area contributed by atoms with Crippen molar-refractivity contribution in [3.63, 3.8) is 0 Å². The van der Waals surface area contributed by atoms with E-state index in [9.17, 15) is 9.59 Å². The van der Waals surface area contributed by atoms with E-state index in [0.717, 1.165) is 29.9 Å². The Kier molecular flexibility index (Phi) is 5.99. The number of hydrogen-bond donors (Lipinski definition) is 1. The summed E-state index contributed by atoms with van der Waals surface area (Å²) in [6.45, 7) is 4.73. The first-order valence-corrected chi connectivity index (χ1v) is 11.6. The lowest BCUT2D eigenvalue weighted by Gasteiger charge is -2.37. The molecule has 0 spiro atoms. The van der Waals surface area contributed by atoms with Gasteiger partial charge in [0.05, 0.1) is 5.69 Å². The molecular formula is C27H24ClN3O3. The molecule has 5 rings (SSSR count). The number of rotatable bonds is 3. The number of halogens is 1. The molecular weight excluding hydrogens is 450 g/mol. The van der Waals surface area contributed by atoms with Gasteiger partial charge in [-0.3, -0.25) is 9.59 Å². The molecule has 2 aliphatic rings. The van der Waals surface area contributed by atoms with Gasteiger partial charge in [-0.1, -0.05) is 48.0 Å². The van der Waals surface area contributed by atoms with Crippen LogP contribution in [0.25, 0.3) is 6.08 Å². The second-order valence-electron chi connectivity index (χ2n) is 8.40. The van der Waals surface area contributed by atoms with E-state index < -0.39 is 0 Å². The summed E-state index contributed by atoms with van der Waals surface area (Å²) in [6.07, 6.45) is 1.69. The summed E-state index contributed by atoms with van der Waals surface area (Å²) in [4.78, 5) is 29.8. The summed E-state index contributed by atoms with van der Waals surface area (Å²) in [5.74, 6) is 0.321. The standard InChI is InChI=1S/C27H24ClN3O3/c1-18-7-9-21(28)17-23(18)30-11-13-31(14-12-30)27(33)20-8-10-24-22(16-20)29-26(32)25(34-24)15-19-5-3-2-4-6-19/h2-10,15-17H,11-14H2,1H3,(H,29,32)/b25-15-. The number of anilines is 2. The van der Waals surface area contributed by atoms with Crippen molar-refractivity contribution in [3.05, 3.63) is 94.2 Å². The van der Waals surface area contributed by atoms with Crippen LogP contribution in [0.4, 0.5) is 11.4 Å². The third-order valence-corrected chi connectivity index (χ3v) is 6.33. The molecule has 7 heteroatoms. The van der Waals surface area contributed by atoms with E-state index in [0.29, 0.717) is 35.1 Å². The maximum absolute atomic E-state index is 13.2. The molecule has 1 fully saturated rings. The number of ether oxygens (including phenoxy) is 1. The molecule has 2 amide bonds. The second kappa shape index (κ2) is 9.23. The normalized spacial score (nSPS) is 16.6. The Labute approximate surface area is 203 Å². The maximum atomic E-state index is 13.2. The third kappa shape index (κ3) is 4.50. The van der Waals surface area contributed by atoms with Crippen molar-refractivity contribution in [1.29, 1.82) is 0 Å². The van der Waals surface area contributed by atoms with E-state index >= 15 is 0 Å². The van der Waals surface area contributed by atoms with Gasteiger partial charge in [0.1, 0.15) is 0 Å². The molecule has 1 N–H and O–H groups in total. The molecule has 1 saturated heterocycles. The number of nitrogens with zero attached hydrogens (tertiary/aromatic N) is 2. The van der Waals surface area contributed by atoms with Gasteiger partial charge < -0.3 is 19.9 Å². The van der Waals surface area contributed by atoms with Gasteiger partial charge in [-0.15, -0.1) is 0 Å². The molecule has 6 nitrogen and oxygen atoms in total. The van der Waals surface area contributed by atoms with E-state index in [1.807, 2.05) is 53.4 Å². The first-order valence-electron chi connectivity index (χ1n) is 11.2. The highest BCUT2D eigenvalue weighted by Gasteiger charge is 2.26. The summed E-state index contributed by atoms with van der Waals surface area (Å²) >= 11 is 6.18.